The second kappa shape index (κ2) is 12.3. The highest BCUT2D eigenvalue weighted by molar-refractivity contribution is 8.45. The summed E-state index contributed by atoms with van der Waals surface area (Å²) in [7, 11) is -8.54. The Labute approximate surface area is 270 Å². The average molecular weight is 693 g/mol. The number of allylic oxidation sites excluding steroid dienone is 3. The quantitative estimate of drug-likeness (QED) is 0.144. The molecule has 1 amide bonds. The summed E-state index contributed by atoms with van der Waals surface area (Å²) in [5.41, 5.74) is -0.0454. The lowest BCUT2D eigenvalue weighted by molar-refractivity contribution is -0.155. The summed E-state index contributed by atoms with van der Waals surface area (Å²) in [5.74, 6) is -0.979. The molecule has 1 heterocycles. The van der Waals surface area contributed by atoms with Gasteiger partial charge in [0.1, 0.15) is 28.0 Å². The molecule has 3 atom stereocenters. The van der Waals surface area contributed by atoms with Gasteiger partial charge < -0.3 is 24.4 Å². The number of hydrogen-bond donors (Lipinski definition) is 1. The molecule has 2 aromatic carbocycles. The Morgan fingerprint density at radius 1 is 1.09 bits per heavy atom. The number of hydrogen-bond acceptors (Lipinski definition) is 6. The fourth-order valence-corrected chi connectivity index (χ4v) is 6.30. The first kappa shape index (κ1) is 35.4. The summed E-state index contributed by atoms with van der Waals surface area (Å²) in [6.45, 7) is 7.37. The van der Waals surface area contributed by atoms with Gasteiger partial charge in [-0.05, 0) is 63.3 Å². The molecule has 254 valence electrons. The van der Waals surface area contributed by atoms with Gasteiger partial charge in [-0.15, -0.1) is 0 Å². The van der Waals surface area contributed by atoms with Crippen LogP contribution in [0.2, 0.25) is 0 Å². The summed E-state index contributed by atoms with van der Waals surface area (Å²) in [4.78, 5) is 25.3. The molecule has 0 saturated carbocycles. The normalized spacial score (nSPS) is 20.2. The van der Waals surface area contributed by atoms with E-state index in [2.05, 4.69) is 5.32 Å². The van der Waals surface area contributed by atoms with Crippen LogP contribution in [-0.4, -0.2) is 43.8 Å². The molecule has 0 spiro atoms. The Morgan fingerprint density at radius 2 is 1.78 bits per heavy atom. The highest BCUT2D eigenvalue weighted by atomic mass is 35.5. The van der Waals surface area contributed by atoms with Gasteiger partial charge >= 0.3 is 16.2 Å². The SMILES string of the molecule is COc1cc(NC(C(=O)N2CCc3ccc(S(F)(F)(F)(F)F)cc32)C2C=CC(Cl)=CC2C)cc(OCCCC(=O)OC(C)(C)C)c1. The molecule has 0 radical (unpaired) electrons. The number of ether oxygens (including phenoxy) is 3. The zero-order valence-corrected chi connectivity index (χ0v) is 27.7. The topological polar surface area (TPSA) is 77.1 Å². The van der Waals surface area contributed by atoms with Gasteiger partial charge in [-0.1, -0.05) is 56.2 Å². The Hall–Kier alpha value is -3.45. The van der Waals surface area contributed by atoms with Gasteiger partial charge in [0.15, 0.2) is 0 Å². The molecule has 2 aliphatic rings. The molecule has 3 unspecified atom stereocenters. The van der Waals surface area contributed by atoms with Crippen LogP contribution < -0.4 is 19.7 Å². The lowest BCUT2D eigenvalue weighted by Gasteiger charge is -2.41. The van der Waals surface area contributed by atoms with Crippen LogP contribution in [0.5, 0.6) is 11.5 Å². The third-order valence-corrected chi connectivity index (χ3v) is 8.87. The minimum absolute atomic E-state index is 0.0155. The molecule has 1 N–H and O–H groups in total. The van der Waals surface area contributed by atoms with E-state index in [1.807, 2.05) is 6.92 Å². The number of nitrogens with one attached hydrogen (secondary N) is 1. The predicted octanol–water partition coefficient (Wildman–Crippen LogP) is 9.17. The van der Waals surface area contributed by atoms with Crippen molar-refractivity contribution >= 4 is 45.1 Å². The van der Waals surface area contributed by atoms with Gasteiger partial charge in [-0.3, -0.25) is 9.59 Å². The number of esters is 1. The standard InChI is InChI=1S/C32H38ClF5N2O5S/c1-20-15-22(33)9-11-27(20)30(31(42)40-13-12-21-8-10-26(19-28(21)40)46(34,35,36,37)38)39-23-16-24(43-5)18-25(17-23)44-14-6-7-29(41)45-32(2,3)4/h8-11,15-20,27,30,39H,6-7,12-14H2,1-5H3. The van der Waals surface area contributed by atoms with Gasteiger partial charge in [0, 0.05) is 53.5 Å². The molecule has 0 saturated heterocycles. The summed E-state index contributed by atoms with van der Waals surface area (Å²) < 4.78 is 85.1. The second-order valence-electron chi connectivity index (χ2n) is 12.4. The Bertz CT molecular complexity index is 1560. The fraction of sp³-hybridized carbons (Fsp3) is 0.438. The predicted molar refractivity (Wildman–Crippen MR) is 171 cm³/mol. The Kier molecular flexibility index (Phi) is 9.46. The zero-order valence-electron chi connectivity index (χ0n) is 26.1. The lowest BCUT2D eigenvalue weighted by Crippen LogP contribution is -2.48. The molecule has 4 rings (SSSR count). The number of nitrogens with zero attached hydrogens (tertiary/aromatic N) is 1. The van der Waals surface area contributed by atoms with Crippen molar-refractivity contribution in [3.63, 3.8) is 0 Å². The van der Waals surface area contributed by atoms with Gasteiger partial charge in [0.05, 0.1) is 13.7 Å². The van der Waals surface area contributed by atoms with Crippen LogP contribution in [0.4, 0.5) is 30.8 Å². The maximum absolute atomic E-state index is 14.2. The summed E-state index contributed by atoms with van der Waals surface area (Å²) >= 11 is 6.20. The minimum atomic E-state index is -9.99. The van der Waals surface area contributed by atoms with Crippen molar-refractivity contribution in [3.8, 4) is 11.5 Å². The first-order valence-corrected chi connectivity index (χ1v) is 17.0. The van der Waals surface area contributed by atoms with Crippen molar-refractivity contribution < 1.29 is 43.2 Å². The van der Waals surface area contributed by atoms with Gasteiger partial charge in [0.25, 0.3) is 0 Å². The molecule has 1 aliphatic carbocycles. The van der Waals surface area contributed by atoms with E-state index in [1.165, 1.54) is 7.11 Å². The van der Waals surface area contributed by atoms with E-state index in [-0.39, 0.29) is 43.6 Å². The van der Waals surface area contributed by atoms with Crippen LogP contribution in [0.3, 0.4) is 0 Å². The van der Waals surface area contributed by atoms with Crippen molar-refractivity contribution in [1.82, 2.24) is 0 Å². The number of amides is 1. The highest BCUT2D eigenvalue weighted by Crippen LogP contribution is 3.02. The van der Waals surface area contributed by atoms with Crippen molar-refractivity contribution in [1.29, 1.82) is 0 Å². The van der Waals surface area contributed by atoms with Crippen LogP contribution in [0, 0.1) is 11.8 Å². The maximum atomic E-state index is 14.2. The fourth-order valence-electron chi connectivity index (χ4n) is 5.36. The molecule has 0 fully saturated rings. The highest BCUT2D eigenvalue weighted by Gasteiger charge is 2.65. The summed E-state index contributed by atoms with van der Waals surface area (Å²) in [5, 5.41) is 3.66. The third kappa shape index (κ3) is 9.09. The summed E-state index contributed by atoms with van der Waals surface area (Å²) in [6, 6.07) is 5.56. The number of methoxy groups -OCH3 is 1. The summed E-state index contributed by atoms with van der Waals surface area (Å²) in [6.07, 6.45) is 5.84. The van der Waals surface area contributed by atoms with Crippen molar-refractivity contribution in [2.24, 2.45) is 11.8 Å². The largest absolute Gasteiger partial charge is 0.497 e. The van der Waals surface area contributed by atoms with E-state index in [0.29, 0.717) is 46.3 Å². The van der Waals surface area contributed by atoms with E-state index in [9.17, 15) is 29.0 Å². The number of anilines is 2. The average Bonchev–Trinajstić information content (AvgIpc) is 3.35. The maximum Gasteiger partial charge on any atom is 0.310 e. The Balaban J connectivity index is 1.61. The molecule has 2 aromatic rings. The van der Waals surface area contributed by atoms with Crippen LogP contribution in [0.25, 0.3) is 0 Å². The third-order valence-electron chi connectivity index (χ3n) is 7.47. The van der Waals surface area contributed by atoms with Gasteiger partial charge in [-0.2, -0.15) is 0 Å². The molecule has 14 heteroatoms. The van der Waals surface area contributed by atoms with Gasteiger partial charge in [0.2, 0.25) is 5.91 Å². The molecule has 0 bridgehead atoms. The van der Waals surface area contributed by atoms with Crippen LogP contribution in [-0.2, 0) is 20.7 Å². The van der Waals surface area contributed by atoms with Crippen LogP contribution >= 0.6 is 21.8 Å². The molecule has 1 aliphatic heterocycles. The molecule has 46 heavy (non-hydrogen) atoms. The monoisotopic (exact) mass is 692 g/mol. The number of benzene rings is 2. The van der Waals surface area contributed by atoms with Crippen molar-refractivity contribution in [2.45, 2.75) is 63.5 Å². The van der Waals surface area contributed by atoms with Gasteiger partial charge in [-0.25, -0.2) is 0 Å². The van der Waals surface area contributed by atoms with Crippen molar-refractivity contribution in [2.75, 3.05) is 30.5 Å². The first-order valence-electron chi connectivity index (χ1n) is 14.7. The lowest BCUT2D eigenvalue weighted by atomic mass is 9.83. The number of fused-ring (bicyclic) bond motifs is 1. The Morgan fingerprint density at radius 3 is 2.41 bits per heavy atom. The van der Waals surface area contributed by atoms with Crippen LogP contribution in [0.1, 0.15) is 46.1 Å². The zero-order chi connectivity index (χ0) is 34.1. The number of carbonyl (C=O) groups excluding carboxylic acids is 2. The van der Waals surface area contributed by atoms with E-state index in [4.69, 9.17) is 25.8 Å². The minimum Gasteiger partial charge on any atom is -0.497 e. The van der Waals surface area contributed by atoms with E-state index < -0.39 is 38.6 Å². The number of carbonyl (C=O) groups is 2. The van der Waals surface area contributed by atoms with E-state index in [1.54, 1.807) is 57.2 Å². The smallest absolute Gasteiger partial charge is 0.310 e. The second-order valence-corrected chi connectivity index (χ2v) is 15.2. The molecular formula is C32H38ClF5N2O5S. The molecule has 7 nitrogen and oxygen atoms in total. The number of rotatable bonds is 11. The van der Waals surface area contributed by atoms with E-state index in [0.717, 1.165) is 11.0 Å². The van der Waals surface area contributed by atoms with Crippen LogP contribution in [0.15, 0.2) is 64.6 Å². The first-order chi connectivity index (χ1) is 21.1. The number of halogens is 6. The molecular weight excluding hydrogens is 655 g/mol. The molecule has 0 aromatic heterocycles. The van der Waals surface area contributed by atoms with E-state index >= 15 is 0 Å². The van der Waals surface area contributed by atoms with Crippen molar-refractivity contribution in [3.05, 3.63) is 65.2 Å².